The Morgan fingerprint density at radius 1 is 0.463 bits per heavy atom. The van der Waals surface area contributed by atoms with E-state index in [4.69, 9.17) is 21.0 Å². The first kappa shape index (κ1) is 38.8. The molecular formula is C29H50N6O4S2. The summed E-state index contributed by atoms with van der Waals surface area (Å²) in [4.78, 5) is 0. The highest BCUT2D eigenvalue weighted by Gasteiger charge is 2.56. The Labute approximate surface area is 250 Å². The van der Waals surface area contributed by atoms with E-state index in [0.717, 1.165) is 0 Å². The minimum absolute atomic E-state index is 0.0904. The summed E-state index contributed by atoms with van der Waals surface area (Å²) in [5, 5.41) is 35.3. The second-order valence-corrected chi connectivity index (χ2v) is 15.1. The molecule has 0 aromatic carbocycles. The van der Waals surface area contributed by atoms with Gasteiger partial charge >= 0.3 is 0 Å². The molecule has 0 aromatic rings. The smallest absolute Gasteiger partial charge is 0.210 e. The fourth-order valence-electron chi connectivity index (χ4n) is 4.96. The van der Waals surface area contributed by atoms with Gasteiger partial charge in [0.1, 0.15) is 0 Å². The third-order valence-corrected chi connectivity index (χ3v) is 13.9. The van der Waals surface area contributed by atoms with Crippen LogP contribution < -0.4 is 0 Å². The molecule has 0 aromatic heterocycles. The normalized spacial score (nSPS) is 12.1. The summed E-state index contributed by atoms with van der Waals surface area (Å²) in [6, 6.07) is 8.38. The second kappa shape index (κ2) is 22.4. The minimum Gasteiger partial charge on any atom is -0.210 e. The molecule has 0 unspecified atom stereocenters. The number of unbranched alkanes of at least 4 members (excludes halogenated alkanes) is 12. The lowest BCUT2D eigenvalue weighted by Gasteiger charge is -2.39. The predicted molar refractivity (Wildman–Crippen MR) is 161 cm³/mol. The number of rotatable bonds is 26. The zero-order valence-electron chi connectivity index (χ0n) is 25.2. The molecule has 0 saturated carbocycles. The summed E-state index contributed by atoms with van der Waals surface area (Å²) in [6.45, 7) is 3.98. The van der Waals surface area contributed by atoms with E-state index in [2.05, 4.69) is 24.3 Å². The van der Waals surface area contributed by atoms with Gasteiger partial charge in [0, 0.05) is 51.9 Å². The third kappa shape index (κ3) is 12.7. The Balaban J connectivity index is 6.23. The molecule has 10 nitrogen and oxygen atoms in total. The van der Waals surface area contributed by atoms with Crippen molar-refractivity contribution >= 4 is 20.0 Å². The molecule has 0 amide bonds. The Kier molecular flexibility index (Phi) is 21.2. The number of nitrogens with zero attached hydrogens (tertiary/aromatic N) is 6. The van der Waals surface area contributed by atoms with Gasteiger partial charge in [-0.15, -0.1) is 0 Å². The van der Waals surface area contributed by atoms with Crippen LogP contribution in [-0.2, 0) is 20.0 Å². The number of nitriles is 4. The second-order valence-electron chi connectivity index (χ2n) is 10.3. The fraction of sp³-hybridized carbons (Fsp3) is 0.862. The monoisotopic (exact) mass is 610 g/mol. The molecule has 0 heterocycles. The van der Waals surface area contributed by atoms with Gasteiger partial charge in [0.2, 0.25) is 24.1 Å². The Hall–Kier alpha value is -2.22. The maximum atomic E-state index is 14.4. The van der Waals surface area contributed by atoms with Gasteiger partial charge in [-0.05, 0) is 64.2 Å². The molecule has 0 saturated heterocycles. The summed E-state index contributed by atoms with van der Waals surface area (Å²) >= 11 is 0. The van der Waals surface area contributed by atoms with Gasteiger partial charge in [0.05, 0.1) is 24.3 Å². The quantitative estimate of drug-likeness (QED) is 0.106. The lowest BCUT2D eigenvalue weighted by atomic mass is 10.2. The highest BCUT2D eigenvalue weighted by atomic mass is 32.3. The SMILES string of the molecule is CCC(CC)(S(=O)(=O)N(CCCCCC#N)CCCCCC#N)S(=O)(=O)N(CCCCCC#N)CCCCCC#N. The van der Waals surface area contributed by atoms with Crippen molar-refractivity contribution in [1.82, 2.24) is 8.61 Å². The summed E-state index contributed by atoms with van der Waals surface area (Å²) in [5.74, 6) is 0. The van der Waals surface area contributed by atoms with E-state index in [1.165, 1.54) is 8.61 Å². The molecule has 0 aliphatic heterocycles. The van der Waals surface area contributed by atoms with E-state index in [9.17, 15) is 16.8 Å². The standard InChI is InChI=1S/C29H50N6O4S2/c1-3-29(4-2,40(36,37)34(25-17-9-5-13-21-30)26-18-10-6-14-22-31)41(38,39)35(27-19-11-7-15-23-32)28-20-12-8-16-24-33/h3-20,25-28H2,1-2H3. The van der Waals surface area contributed by atoms with Crippen LogP contribution in [0.4, 0.5) is 0 Å². The molecule has 0 spiro atoms. The maximum absolute atomic E-state index is 14.4. The lowest BCUT2D eigenvalue weighted by Crippen LogP contribution is -2.58. The van der Waals surface area contributed by atoms with Gasteiger partial charge in [-0.3, -0.25) is 0 Å². The predicted octanol–water partition coefficient (Wildman–Crippen LogP) is 6.10. The fourth-order valence-corrected chi connectivity index (χ4v) is 10.5. The van der Waals surface area contributed by atoms with E-state index >= 15 is 0 Å². The molecule has 0 bridgehead atoms. The van der Waals surface area contributed by atoms with Crippen molar-refractivity contribution in [2.24, 2.45) is 0 Å². The van der Waals surface area contributed by atoms with Crippen LogP contribution in [0.3, 0.4) is 0 Å². The van der Waals surface area contributed by atoms with Gasteiger partial charge in [0.25, 0.3) is 0 Å². The van der Waals surface area contributed by atoms with Crippen LogP contribution >= 0.6 is 0 Å². The van der Waals surface area contributed by atoms with Crippen molar-refractivity contribution in [3.05, 3.63) is 0 Å². The van der Waals surface area contributed by atoms with Gasteiger partial charge in [-0.1, -0.05) is 39.5 Å². The molecule has 41 heavy (non-hydrogen) atoms. The molecule has 0 aliphatic rings. The highest BCUT2D eigenvalue weighted by molar-refractivity contribution is 8.08. The maximum Gasteiger partial charge on any atom is 0.235 e. The topological polar surface area (TPSA) is 170 Å². The van der Waals surface area contributed by atoms with Gasteiger partial charge in [0.15, 0.2) is 0 Å². The molecule has 12 heteroatoms. The molecule has 0 rings (SSSR count). The van der Waals surface area contributed by atoms with Gasteiger partial charge < -0.3 is 0 Å². The van der Waals surface area contributed by atoms with E-state index in [-0.39, 0.29) is 39.0 Å². The van der Waals surface area contributed by atoms with Crippen molar-refractivity contribution in [3.8, 4) is 24.3 Å². The molecule has 232 valence electrons. The Morgan fingerprint density at radius 2 is 0.707 bits per heavy atom. The summed E-state index contributed by atoms with van der Waals surface area (Å²) in [5.41, 5.74) is 0. The summed E-state index contributed by atoms with van der Waals surface area (Å²) < 4.78 is 58.2. The average molecular weight is 611 g/mol. The minimum atomic E-state index is -4.30. The zero-order chi connectivity index (χ0) is 31.0. The first-order valence-electron chi connectivity index (χ1n) is 15.1. The van der Waals surface area contributed by atoms with E-state index in [1.54, 1.807) is 13.8 Å². The molecule has 0 N–H and O–H groups in total. The average Bonchev–Trinajstić information content (AvgIpc) is 2.94. The molecule has 0 fully saturated rings. The molecular weight excluding hydrogens is 560 g/mol. The Morgan fingerprint density at radius 3 is 0.902 bits per heavy atom. The summed E-state index contributed by atoms with van der Waals surface area (Å²) in [7, 11) is -8.61. The van der Waals surface area contributed by atoms with Gasteiger partial charge in [-0.2, -0.15) is 21.0 Å². The molecule has 0 radical (unpaired) electrons. The molecule has 0 aliphatic carbocycles. The first-order valence-corrected chi connectivity index (χ1v) is 18.0. The van der Waals surface area contributed by atoms with Crippen LogP contribution in [0.1, 0.15) is 129 Å². The van der Waals surface area contributed by atoms with Crippen molar-refractivity contribution in [3.63, 3.8) is 0 Å². The van der Waals surface area contributed by atoms with Crippen molar-refractivity contribution in [2.45, 2.75) is 134 Å². The van der Waals surface area contributed by atoms with Crippen LogP contribution in [-0.4, -0.2) is 55.7 Å². The van der Waals surface area contributed by atoms with Crippen LogP contribution in [0.25, 0.3) is 0 Å². The highest BCUT2D eigenvalue weighted by Crippen LogP contribution is 2.38. The van der Waals surface area contributed by atoms with Gasteiger partial charge in [-0.25, -0.2) is 25.4 Å². The number of hydrogen-bond donors (Lipinski definition) is 0. The summed E-state index contributed by atoms with van der Waals surface area (Å²) in [6.07, 6.45) is 8.81. The third-order valence-electron chi connectivity index (χ3n) is 7.48. The lowest BCUT2D eigenvalue weighted by molar-refractivity contribution is 0.353. The number of sulfonamides is 2. The van der Waals surface area contributed by atoms with Crippen molar-refractivity contribution < 1.29 is 16.8 Å². The first-order chi connectivity index (χ1) is 19.7. The largest absolute Gasteiger partial charge is 0.235 e. The Bertz CT molecular complexity index is 962. The van der Waals surface area contributed by atoms with E-state index < -0.39 is 24.1 Å². The van der Waals surface area contributed by atoms with Crippen LogP contribution in [0.5, 0.6) is 0 Å². The van der Waals surface area contributed by atoms with Crippen LogP contribution in [0, 0.1) is 45.3 Å². The van der Waals surface area contributed by atoms with Crippen LogP contribution in [0.15, 0.2) is 0 Å². The van der Waals surface area contributed by atoms with Crippen molar-refractivity contribution in [2.75, 3.05) is 26.2 Å². The van der Waals surface area contributed by atoms with Crippen LogP contribution in [0.2, 0.25) is 0 Å². The van der Waals surface area contributed by atoms with E-state index in [1.807, 2.05) is 0 Å². The molecule has 0 atom stereocenters. The number of hydrogen-bond acceptors (Lipinski definition) is 8. The van der Waals surface area contributed by atoms with Crippen molar-refractivity contribution in [1.29, 1.82) is 21.0 Å². The van der Waals surface area contributed by atoms with E-state index in [0.29, 0.717) is 103 Å². The zero-order valence-corrected chi connectivity index (χ0v) is 26.8.